The van der Waals surface area contributed by atoms with Crippen LogP contribution in [0, 0.1) is 11.6 Å². The van der Waals surface area contributed by atoms with Crippen molar-refractivity contribution in [2.75, 3.05) is 31.1 Å². The Kier molecular flexibility index (Phi) is 6.33. The zero-order chi connectivity index (χ0) is 19.4. The molecule has 1 atom stereocenters. The number of alkyl halides is 2. The van der Waals surface area contributed by atoms with Crippen molar-refractivity contribution in [3.05, 3.63) is 64.7 Å². The standard InChI is InChI=1S/C21H24ClF3N2/c1-2-15-13-17(4-6-20(15)27-11-9-26-10-12-27)21(22,25)8-7-16-3-5-18(23)14-19(16)24/h3-6,13-14,26H,2,7-12H2,1H3. The van der Waals surface area contributed by atoms with E-state index in [2.05, 4.69) is 10.2 Å². The molecular weight excluding hydrogens is 373 g/mol. The van der Waals surface area contributed by atoms with Gasteiger partial charge in [0.1, 0.15) is 11.6 Å². The third kappa shape index (κ3) is 4.77. The molecule has 0 saturated carbocycles. The molecule has 0 aromatic heterocycles. The Morgan fingerprint density at radius 2 is 1.81 bits per heavy atom. The van der Waals surface area contributed by atoms with Crippen LogP contribution < -0.4 is 10.2 Å². The number of aryl methyl sites for hydroxylation is 2. The first-order valence-corrected chi connectivity index (χ1v) is 9.69. The van der Waals surface area contributed by atoms with E-state index in [0.717, 1.165) is 49.9 Å². The molecule has 2 aromatic rings. The van der Waals surface area contributed by atoms with Gasteiger partial charge in [0.2, 0.25) is 5.13 Å². The van der Waals surface area contributed by atoms with Crippen molar-refractivity contribution in [2.45, 2.75) is 31.3 Å². The molecule has 2 aromatic carbocycles. The van der Waals surface area contributed by atoms with Gasteiger partial charge in [-0.2, -0.15) is 0 Å². The topological polar surface area (TPSA) is 15.3 Å². The largest absolute Gasteiger partial charge is 0.369 e. The zero-order valence-electron chi connectivity index (χ0n) is 15.4. The molecule has 0 radical (unpaired) electrons. The van der Waals surface area contributed by atoms with Crippen molar-refractivity contribution in [3.63, 3.8) is 0 Å². The van der Waals surface area contributed by atoms with Crippen molar-refractivity contribution in [1.82, 2.24) is 5.32 Å². The van der Waals surface area contributed by atoms with Gasteiger partial charge in [-0.25, -0.2) is 13.2 Å². The molecule has 1 fully saturated rings. The number of hydrogen-bond acceptors (Lipinski definition) is 2. The fourth-order valence-corrected chi connectivity index (χ4v) is 3.68. The van der Waals surface area contributed by atoms with Crippen LogP contribution in [-0.2, 0) is 18.0 Å². The van der Waals surface area contributed by atoms with Crippen molar-refractivity contribution < 1.29 is 13.2 Å². The Balaban J connectivity index is 1.77. The van der Waals surface area contributed by atoms with Gasteiger partial charge in [0.25, 0.3) is 0 Å². The van der Waals surface area contributed by atoms with Crippen LogP contribution >= 0.6 is 11.6 Å². The van der Waals surface area contributed by atoms with Crippen LogP contribution in [0.3, 0.4) is 0 Å². The Hall–Kier alpha value is -1.72. The van der Waals surface area contributed by atoms with E-state index in [1.165, 1.54) is 12.1 Å². The molecule has 1 saturated heterocycles. The van der Waals surface area contributed by atoms with Gasteiger partial charge in [-0.05, 0) is 42.2 Å². The lowest BCUT2D eigenvalue weighted by atomic mass is 9.97. The minimum absolute atomic E-state index is 0.0900. The fraction of sp³-hybridized carbons (Fsp3) is 0.429. The molecule has 2 nitrogen and oxygen atoms in total. The first-order chi connectivity index (χ1) is 12.9. The van der Waals surface area contributed by atoms with Crippen LogP contribution in [0.25, 0.3) is 0 Å². The summed E-state index contributed by atoms with van der Waals surface area (Å²) in [5.41, 5.74) is 2.79. The molecule has 0 spiro atoms. The Bertz CT molecular complexity index is 789. The van der Waals surface area contributed by atoms with Gasteiger partial charge in [0, 0.05) is 49.9 Å². The van der Waals surface area contributed by atoms with E-state index in [1.54, 1.807) is 6.07 Å². The number of piperazine rings is 1. The van der Waals surface area contributed by atoms with E-state index >= 15 is 4.39 Å². The minimum Gasteiger partial charge on any atom is -0.369 e. The molecule has 0 aliphatic carbocycles. The van der Waals surface area contributed by atoms with E-state index in [9.17, 15) is 8.78 Å². The number of hydrogen-bond donors (Lipinski definition) is 1. The average Bonchev–Trinajstić information content (AvgIpc) is 2.67. The quantitative estimate of drug-likeness (QED) is 0.696. The van der Waals surface area contributed by atoms with Crippen LogP contribution in [0.4, 0.5) is 18.9 Å². The first kappa shape index (κ1) is 20.0. The van der Waals surface area contributed by atoms with Gasteiger partial charge in [-0.15, -0.1) is 0 Å². The lowest BCUT2D eigenvalue weighted by molar-refractivity contribution is 0.264. The molecule has 3 rings (SSSR count). The molecule has 0 bridgehead atoms. The summed E-state index contributed by atoms with van der Waals surface area (Å²) in [5, 5.41) is 1.22. The third-order valence-corrected chi connectivity index (χ3v) is 5.47. The van der Waals surface area contributed by atoms with Gasteiger partial charge in [-0.3, -0.25) is 0 Å². The van der Waals surface area contributed by atoms with Crippen molar-refractivity contribution >= 4 is 17.3 Å². The minimum atomic E-state index is -2.10. The second-order valence-corrected chi connectivity index (χ2v) is 7.47. The summed E-state index contributed by atoms with van der Waals surface area (Å²) in [7, 11) is 0. The van der Waals surface area contributed by atoms with Gasteiger partial charge >= 0.3 is 0 Å². The van der Waals surface area contributed by atoms with Crippen molar-refractivity contribution in [3.8, 4) is 0 Å². The first-order valence-electron chi connectivity index (χ1n) is 9.31. The maximum atomic E-state index is 15.2. The smallest absolute Gasteiger partial charge is 0.209 e. The number of nitrogens with one attached hydrogen (secondary N) is 1. The summed E-state index contributed by atoms with van der Waals surface area (Å²) >= 11 is 6.18. The van der Waals surface area contributed by atoms with Crippen LogP contribution in [0.5, 0.6) is 0 Å². The average molecular weight is 397 g/mol. The zero-order valence-corrected chi connectivity index (χ0v) is 16.1. The van der Waals surface area contributed by atoms with E-state index in [1.807, 2.05) is 19.1 Å². The van der Waals surface area contributed by atoms with Crippen LogP contribution in [-0.4, -0.2) is 26.2 Å². The predicted molar refractivity (Wildman–Crippen MR) is 104 cm³/mol. The summed E-state index contributed by atoms with van der Waals surface area (Å²) < 4.78 is 42.0. The van der Waals surface area contributed by atoms with Crippen molar-refractivity contribution in [1.29, 1.82) is 0 Å². The molecule has 1 unspecified atom stereocenters. The molecule has 27 heavy (non-hydrogen) atoms. The Labute approximate surface area is 163 Å². The number of anilines is 1. The van der Waals surface area contributed by atoms with Gasteiger partial charge in [-0.1, -0.05) is 30.7 Å². The van der Waals surface area contributed by atoms with Crippen LogP contribution in [0.2, 0.25) is 0 Å². The lowest BCUT2D eigenvalue weighted by Crippen LogP contribution is -2.43. The maximum Gasteiger partial charge on any atom is 0.209 e. The third-order valence-electron chi connectivity index (χ3n) is 5.06. The van der Waals surface area contributed by atoms with Crippen molar-refractivity contribution in [2.24, 2.45) is 0 Å². The highest BCUT2D eigenvalue weighted by Crippen LogP contribution is 2.38. The summed E-state index contributed by atoms with van der Waals surface area (Å²) in [6.45, 7) is 5.72. The molecule has 1 aliphatic heterocycles. The molecule has 1 N–H and O–H groups in total. The normalized spacial score (nSPS) is 17.0. The molecule has 1 heterocycles. The summed E-state index contributed by atoms with van der Waals surface area (Å²) in [5.74, 6) is -1.32. The summed E-state index contributed by atoms with van der Waals surface area (Å²) in [4.78, 5) is 2.29. The monoisotopic (exact) mass is 396 g/mol. The number of rotatable bonds is 6. The van der Waals surface area contributed by atoms with E-state index < -0.39 is 16.8 Å². The predicted octanol–water partition coefficient (Wildman–Crippen LogP) is 4.93. The Morgan fingerprint density at radius 3 is 2.48 bits per heavy atom. The highest BCUT2D eigenvalue weighted by Gasteiger charge is 2.30. The van der Waals surface area contributed by atoms with Gasteiger partial charge < -0.3 is 10.2 Å². The number of nitrogens with zero attached hydrogens (tertiary/aromatic N) is 1. The van der Waals surface area contributed by atoms with Crippen LogP contribution in [0.1, 0.15) is 30.0 Å². The number of benzene rings is 2. The molecule has 0 amide bonds. The summed E-state index contributed by atoms with van der Waals surface area (Å²) in [6.07, 6.45) is 0.771. The molecule has 1 aliphatic rings. The number of halogens is 4. The van der Waals surface area contributed by atoms with E-state index in [0.29, 0.717) is 5.56 Å². The summed E-state index contributed by atoms with van der Waals surface area (Å²) in [6, 6.07) is 8.76. The van der Waals surface area contributed by atoms with E-state index in [4.69, 9.17) is 11.6 Å². The highest BCUT2D eigenvalue weighted by molar-refractivity contribution is 6.22. The molecule has 6 heteroatoms. The van der Waals surface area contributed by atoms with Crippen LogP contribution in [0.15, 0.2) is 36.4 Å². The Morgan fingerprint density at radius 1 is 1.07 bits per heavy atom. The maximum absolute atomic E-state index is 15.2. The lowest BCUT2D eigenvalue weighted by Gasteiger charge is -2.32. The van der Waals surface area contributed by atoms with Gasteiger partial charge in [0.05, 0.1) is 0 Å². The highest BCUT2D eigenvalue weighted by atomic mass is 35.5. The van der Waals surface area contributed by atoms with E-state index in [-0.39, 0.29) is 18.4 Å². The van der Waals surface area contributed by atoms with Gasteiger partial charge in [0.15, 0.2) is 0 Å². The SMILES string of the molecule is CCc1cc(C(F)(Cl)CCc2ccc(F)cc2F)ccc1N1CCNCC1. The second-order valence-electron chi connectivity index (χ2n) is 6.87. The fourth-order valence-electron chi connectivity index (χ4n) is 3.47. The second kappa shape index (κ2) is 8.53. The molecule has 146 valence electrons. The molecular formula is C21H24ClF3N2.